The number of phosphoric acid groups is 1. The van der Waals surface area contributed by atoms with E-state index in [2.05, 4.69) is 9.97 Å². The van der Waals surface area contributed by atoms with E-state index < -0.39 is 85.2 Å². The lowest BCUT2D eigenvalue weighted by Gasteiger charge is -2.30. The van der Waals surface area contributed by atoms with Crippen LogP contribution < -0.4 is 5.73 Å². The Morgan fingerprint density at radius 3 is 2.27 bits per heavy atom. The molecule has 0 radical (unpaired) electrons. The second-order valence-corrected chi connectivity index (χ2v) is 9.72. The van der Waals surface area contributed by atoms with Gasteiger partial charge in [0.25, 0.3) is 0 Å². The van der Waals surface area contributed by atoms with E-state index in [0.29, 0.717) is 12.1 Å². The molecule has 0 spiro atoms. The van der Waals surface area contributed by atoms with Crippen molar-refractivity contribution in [2.24, 2.45) is 5.73 Å². The Morgan fingerprint density at radius 2 is 1.66 bits per heavy atom. The predicted octanol–water partition coefficient (Wildman–Crippen LogP) is 3.03. The minimum atomic E-state index is -4.90. The third kappa shape index (κ3) is 8.07. The average Bonchev–Trinajstić information content (AvgIpc) is 3.22. The van der Waals surface area contributed by atoms with E-state index in [1.165, 1.54) is 0 Å². The van der Waals surface area contributed by atoms with Crippen molar-refractivity contribution in [3.63, 3.8) is 0 Å². The molecule has 0 bridgehead atoms. The predicted molar refractivity (Wildman–Crippen MR) is 123 cm³/mol. The molecule has 1 atom stereocenters. The van der Waals surface area contributed by atoms with Crippen molar-refractivity contribution < 1.29 is 59.2 Å². The molecule has 0 unspecified atom stereocenters. The summed E-state index contributed by atoms with van der Waals surface area (Å²) in [7, 11) is -4.64. The summed E-state index contributed by atoms with van der Waals surface area (Å²) in [5.74, 6) is -8.70. The van der Waals surface area contributed by atoms with Gasteiger partial charge < -0.3 is 29.9 Å². The number of benzene rings is 1. The maximum atomic E-state index is 14.3. The number of aromatic nitrogens is 3. The van der Waals surface area contributed by atoms with Gasteiger partial charge in [0.05, 0.1) is 17.9 Å². The highest BCUT2D eigenvalue weighted by atomic mass is 31.2. The SMILES string of the molecule is N[C@@H](CC(=O)N1CCn2c(C(F)(F)F)nc(-c3ccnc(F)c3F)c2C1)Cc1cc(F)c(F)cc1F.O=P(O)(O)O. The molecule has 4 rings (SSSR count). The summed E-state index contributed by atoms with van der Waals surface area (Å²) < 4.78 is 119. The molecule has 0 fully saturated rings. The summed E-state index contributed by atoms with van der Waals surface area (Å²) in [6, 6.07) is 0.920. The Bertz CT molecular complexity index is 1490. The molecule has 224 valence electrons. The van der Waals surface area contributed by atoms with E-state index in [-0.39, 0.29) is 30.8 Å². The summed E-state index contributed by atoms with van der Waals surface area (Å²) in [6.45, 7) is -0.942. The quantitative estimate of drug-likeness (QED) is 0.148. The van der Waals surface area contributed by atoms with E-state index in [0.717, 1.165) is 21.7 Å². The normalized spacial score (nSPS) is 14.3. The number of hydrogen-bond acceptors (Lipinski definition) is 5. The summed E-state index contributed by atoms with van der Waals surface area (Å²) in [4.78, 5) is 42.1. The van der Waals surface area contributed by atoms with Gasteiger partial charge in [-0.3, -0.25) is 4.79 Å². The number of nitrogens with two attached hydrogens (primary N) is 1. The first kappa shape index (κ1) is 32.1. The molecule has 19 heteroatoms. The number of fused-ring (bicyclic) bond motifs is 1. The number of amides is 1. The first-order valence-corrected chi connectivity index (χ1v) is 12.8. The molecule has 1 aliphatic heterocycles. The maximum absolute atomic E-state index is 14.3. The van der Waals surface area contributed by atoms with E-state index in [4.69, 9.17) is 25.0 Å². The first-order valence-electron chi connectivity index (χ1n) is 11.3. The van der Waals surface area contributed by atoms with Crippen LogP contribution in [-0.4, -0.2) is 52.6 Å². The van der Waals surface area contributed by atoms with Gasteiger partial charge in [-0.05, 0) is 24.1 Å². The van der Waals surface area contributed by atoms with E-state index in [9.17, 15) is 39.9 Å². The monoisotopic (exact) mass is 617 g/mol. The number of carbonyl (C=O) groups excluding carboxylic acids is 1. The van der Waals surface area contributed by atoms with E-state index in [1.807, 2.05) is 0 Å². The van der Waals surface area contributed by atoms with Crippen molar-refractivity contribution in [2.45, 2.75) is 38.1 Å². The molecule has 41 heavy (non-hydrogen) atoms. The van der Waals surface area contributed by atoms with Gasteiger partial charge >= 0.3 is 14.0 Å². The zero-order valence-electron chi connectivity index (χ0n) is 20.4. The number of nitrogens with zero attached hydrogens (tertiary/aromatic N) is 4. The Labute approximate surface area is 225 Å². The lowest BCUT2D eigenvalue weighted by molar-refractivity contribution is -0.148. The fraction of sp³-hybridized carbons (Fsp3) is 0.318. The minimum absolute atomic E-state index is 0.174. The number of rotatable bonds is 5. The van der Waals surface area contributed by atoms with Gasteiger partial charge in [-0.1, -0.05) is 0 Å². The Kier molecular flexibility index (Phi) is 9.54. The number of hydrogen-bond donors (Lipinski definition) is 4. The van der Waals surface area contributed by atoms with Crippen LogP contribution in [0.4, 0.5) is 35.1 Å². The van der Waals surface area contributed by atoms with Crippen LogP contribution in [0.5, 0.6) is 0 Å². The topological polar surface area (TPSA) is 155 Å². The molecule has 3 heterocycles. The molecule has 1 aromatic carbocycles. The zero-order valence-corrected chi connectivity index (χ0v) is 21.3. The molecular weight excluding hydrogens is 597 g/mol. The number of carbonyl (C=O) groups is 1. The molecule has 0 aliphatic carbocycles. The smallest absolute Gasteiger partial charge is 0.335 e. The number of pyridine rings is 1. The van der Waals surface area contributed by atoms with Gasteiger partial charge in [0.1, 0.15) is 5.82 Å². The molecule has 0 saturated heterocycles. The molecule has 2 aromatic heterocycles. The van der Waals surface area contributed by atoms with Gasteiger partial charge in [-0.15, -0.1) is 0 Å². The van der Waals surface area contributed by atoms with Crippen molar-refractivity contribution in [1.82, 2.24) is 19.4 Å². The largest absolute Gasteiger partial charge is 0.466 e. The van der Waals surface area contributed by atoms with E-state index >= 15 is 0 Å². The van der Waals surface area contributed by atoms with Crippen LogP contribution in [-0.2, 0) is 35.0 Å². The first-order chi connectivity index (χ1) is 18.9. The number of halogens is 8. The van der Waals surface area contributed by atoms with Gasteiger partial charge in [-0.25, -0.2) is 32.1 Å². The van der Waals surface area contributed by atoms with Gasteiger partial charge in [0.15, 0.2) is 17.5 Å². The summed E-state index contributed by atoms with van der Waals surface area (Å²) in [5, 5.41) is 0. The summed E-state index contributed by atoms with van der Waals surface area (Å²) in [6.07, 6.45) is -4.75. The van der Waals surface area contributed by atoms with Gasteiger partial charge in [0.2, 0.25) is 17.7 Å². The minimum Gasteiger partial charge on any atom is -0.335 e. The van der Waals surface area contributed by atoms with Crippen molar-refractivity contribution in [3.8, 4) is 11.3 Å². The van der Waals surface area contributed by atoms with Crippen molar-refractivity contribution in [3.05, 3.63) is 70.7 Å². The third-order valence-corrected chi connectivity index (χ3v) is 5.72. The highest BCUT2D eigenvalue weighted by Gasteiger charge is 2.41. The van der Waals surface area contributed by atoms with Gasteiger partial charge in [0, 0.05) is 43.4 Å². The third-order valence-electron chi connectivity index (χ3n) is 5.72. The fourth-order valence-corrected chi connectivity index (χ4v) is 4.04. The average molecular weight is 617 g/mol. The van der Waals surface area contributed by atoms with Gasteiger partial charge in [-0.2, -0.15) is 17.6 Å². The number of alkyl halides is 3. The van der Waals surface area contributed by atoms with Crippen molar-refractivity contribution in [2.75, 3.05) is 6.54 Å². The standard InChI is InChI=1S/C22H17F8N5O.H3O4P/c23-13-8-15(25)14(24)6-10(13)5-11(31)7-17(36)34-3-4-35-16(9-34)19(33-21(35)22(28,29)30)12-1-2-32-20(27)18(12)26;1-5(2,3)4/h1-2,6,8,11H,3-5,7,9,31H2;(H3,1,2,3,4)/t11-;/m1./s1. The van der Waals surface area contributed by atoms with Crippen LogP contribution in [0.15, 0.2) is 24.4 Å². The molecule has 10 nitrogen and oxygen atoms in total. The van der Waals surface area contributed by atoms with Crippen molar-refractivity contribution >= 4 is 13.7 Å². The molecule has 1 amide bonds. The van der Waals surface area contributed by atoms with E-state index in [1.54, 1.807) is 0 Å². The zero-order chi connectivity index (χ0) is 30.9. The molecule has 1 aliphatic rings. The van der Waals surface area contributed by atoms with Crippen molar-refractivity contribution in [1.29, 1.82) is 0 Å². The molecule has 5 N–H and O–H groups in total. The van der Waals surface area contributed by atoms with Crippen LogP contribution in [0.2, 0.25) is 0 Å². The van der Waals surface area contributed by atoms with Crippen LogP contribution in [0.3, 0.4) is 0 Å². The number of imidazole rings is 1. The molecule has 3 aromatic rings. The lowest BCUT2D eigenvalue weighted by Crippen LogP contribution is -2.42. The Hall–Kier alpha value is -3.44. The molecule has 0 saturated carbocycles. The fourth-order valence-electron chi connectivity index (χ4n) is 4.04. The van der Waals surface area contributed by atoms with Crippen LogP contribution in [0.25, 0.3) is 11.3 Å². The Morgan fingerprint density at radius 1 is 1.05 bits per heavy atom. The summed E-state index contributed by atoms with van der Waals surface area (Å²) in [5.41, 5.74) is 4.41. The second kappa shape index (κ2) is 12.2. The Balaban J connectivity index is 0.000000850. The summed E-state index contributed by atoms with van der Waals surface area (Å²) >= 11 is 0. The second-order valence-electron chi connectivity index (χ2n) is 8.70. The lowest BCUT2D eigenvalue weighted by atomic mass is 10.0. The molecular formula is C22H20F8N5O5P. The van der Waals surface area contributed by atoms with Crippen LogP contribution in [0, 0.1) is 29.2 Å². The van der Waals surface area contributed by atoms with Crippen LogP contribution in [0.1, 0.15) is 23.5 Å². The van der Waals surface area contributed by atoms with Crippen LogP contribution >= 0.6 is 7.82 Å². The highest BCUT2D eigenvalue weighted by molar-refractivity contribution is 7.45. The maximum Gasteiger partial charge on any atom is 0.466 e. The highest BCUT2D eigenvalue weighted by Crippen LogP contribution is 2.37.